The fraction of sp³-hybridized carbons (Fsp3) is 0.286. The van der Waals surface area contributed by atoms with E-state index in [0.29, 0.717) is 21.3 Å². The largest absolute Gasteiger partial charge is 0.419 e. The van der Waals surface area contributed by atoms with Gasteiger partial charge >= 0.3 is 11.9 Å². The van der Waals surface area contributed by atoms with E-state index in [0.717, 1.165) is 0 Å². The first-order valence-corrected chi connectivity index (χ1v) is 6.85. The molecule has 0 spiro atoms. The van der Waals surface area contributed by atoms with Crippen molar-refractivity contribution in [3.8, 4) is 0 Å². The monoisotopic (exact) mass is 329 g/mol. The molecule has 1 aromatic rings. The topological polar surface area (TPSA) is 64.6 Å². The van der Waals surface area contributed by atoms with Gasteiger partial charge in [0.1, 0.15) is 0 Å². The van der Waals surface area contributed by atoms with Crippen molar-refractivity contribution in [2.75, 3.05) is 5.32 Å². The minimum absolute atomic E-state index is 0.222. The first kappa shape index (κ1) is 15.7. The summed E-state index contributed by atoms with van der Waals surface area (Å²) in [6, 6.07) is 3.29. The third-order valence-corrected chi connectivity index (χ3v) is 3.73. The summed E-state index contributed by atoms with van der Waals surface area (Å²) in [5, 5.41) is 3.65. The summed E-state index contributed by atoms with van der Waals surface area (Å²) < 4.78 is 9.96. The Morgan fingerprint density at radius 1 is 1.14 bits per heavy atom. The molecule has 0 amide bonds. The summed E-state index contributed by atoms with van der Waals surface area (Å²) in [4.78, 5) is 23.5. The zero-order valence-corrected chi connectivity index (χ0v) is 13.1. The van der Waals surface area contributed by atoms with Crippen LogP contribution in [-0.2, 0) is 19.1 Å². The maximum atomic E-state index is 11.8. The van der Waals surface area contributed by atoms with Crippen LogP contribution in [0.1, 0.15) is 19.4 Å². The summed E-state index contributed by atoms with van der Waals surface area (Å²) in [5.74, 6) is -2.76. The SMILES string of the molecule is Cc1c(NC=C2C(=O)OC(C)(C)OC2=O)ccc(Cl)c1Cl. The second-order valence-corrected chi connectivity index (χ2v) is 5.70. The van der Waals surface area contributed by atoms with E-state index in [1.807, 2.05) is 0 Å². The first-order valence-electron chi connectivity index (χ1n) is 6.09. The molecular formula is C14H13Cl2NO4. The lowest BCUT2D eigenvalue weighted by Crippen LogP contribution is -2.42. The molecule has 1 aliphatic heterocycles. The molecule has 2 rings (SSSR count). The van der Waals surface area contributed by atoms with Crippen molar-refractivity contribution in [1.29, 1.82) is 0 Å². The Morgan fingerprint density at radius 3 is 2.29 bits per heavy atom. The fourth-order valence-corrected chi connectivity index (χ4v) is 2.11. The Morgan fingerprint density at radius 2 is 1.71 bits per heavy atom. The van der Waals surface area contributed by atoms with Gasteiger partial charge in [-0.2, -0.15) is 0 Å². The lowest BCUT2D eigenvalue weighted by molar-refractivity contribution is -0.222. The molecule has 1 heterocycles. The van der Waals surface area contributed by atoms with E-state index in [-0.39, 0.29) is 5.57 Å². The van der Waals surface area contributed by atoms with Crippen molar-refractivity contribution in [2.24, 2.45) is 0 Å². The summed E-state index contributed by atoms with van der Waals surface area (Å²) >= 11 is 11.9. The number of esters is 2. The van der Waals surface area contributed by atoms with Crippen LogP contribution in [0.2, 0.25) is 10.0 Å². The number of rotatable bonds is 2. The number of carbonyl (C=O) groups is 2. The Bertz CT molecular complexity index is 631. The minimum Gasteiger partial charge on any atom is -0.419 e. The molecular weight excluding hydrogens is 317 g/mol. The highest BCUT2D eigenvalue weighted by Crippen LogP contribution is 2.31. The third-order valence-electron chi connectivity index (χ3n) is 2.83. The molecule has 7 heteroatoms. The summed E-state index contributed by atoms with van der Waals surface area (Å²) in [5.41, 5.74) is 1.08. The molecule has 0 unspecified atom stereocenters. The fourth-order valence-electron chi connectivity index (χ4n) is 1.74. The lowest BCUT2D eigenvalue weighted by Gasteiger charge is -2.29. The van der Waals surface area contributed by atoms with Crippen molar-refractivity contribution in [1.82, 2.24) is 0 Å². The minimum atomic E-state index is -1.26. The van der Waals surface area contributed by atoms with E-state index < -0.39 is 17.7 Å². The van der Waals surface area contributed by atoms with Gasteiger partial charge in [0.15, 0.2) is 5.57 Å². The van der Waals surface area contributed by atoms with Crippen molar-refractivity contribution >= 4 is 40.8 Å². The molecule has 1 N–H and O–H groups in total. The van der Waals surface area contributed by atoms with Crippen LogP contribution in [0, 0.1) is 6.92 Å². The van der Waals surface area contributed by atoms with Gasteiger partial charge in [0.25, 0.3) is 5.79 Å². The Balaban J connectivity index is 2.24. The van der Waals surface area contributed by atoms with Gasteiger partial charge in [-0.15, -0.1) is 0 Å². The Kier molecular flexibility index (Phi) is 4.16. The number of carbonyl (C=O) groups excluding carboxylic acids is 2. The number of cyclic esters (lactones) is 2. The quantitative estimate of drug-likeness (QED) is 0.511. The molecule has 0 atom stereocenters. The van der Waals surface area contributed by atoms with Gasteiger partial charge in [0, 0.05) is 25.7 Å². The number of nitrogens with one attached hydrogen (secondary N) is 1. The Labute approximate surface area is 131 Å². The van der Waals surface area contributed by atoms with Crippen LogP contribution in [0.3, 0.4) is 0 Å². The van der Waals surface area contributed by atoms with Crippen LogP contribution in [0.15, 0.2) is 23.9 Å². The van der Waals surface area contributed by atoms with E-state index in [1.54, 1.807) is 19.1 Å². The van der Waals surface area contributed by atoms with Crippen LogP contribution >= 0.6 is 23.2 Å². The highest BCUT2D eigenvalue weighted by Gasteiger charge is 2.38. The van der Waals surface area contributed by atoms with Gasteiger partial charge in [-0.25, -0.2) is 9.59 Å². The molecule has 112 valence electrons. The standard InChI is InChI=1S/C14H13Cl2NO4/c1-7-10(5-4-9(15)11(7)16)17-6-8-12(18)20-14(2,3)21-13(8)19/h4-6,17H,1-3H3. The predicted octanol–water partition coefficient (Wildman–Crippen LogP) is 3.43. The van der Waals surface area contributed by atoms with Crippen LogP contribution in [0.5, 0.6) is 0 Å². The van der Waals surface area contributed by atoms with Gasteiger partial charge < -0.3 is 14.8 Å². The molecule has 1 saturated heterocycles. The van der Waals surface area contributed by atoms with Crippen LogP contribution in [0.25, 0.3) is 0 Å². The second-order valence-electron chi connectivity index (χ2n) is 4.92. The van der Waals surface area contributed by atoms with Gasteiger partial charge in [-0.3, -0.25) is 0 Å². The van der Waals surface area contributed by atoms with E-state index in [2.05, 4.69) is 5.32 Å². The van der Waals surface area contributed by atoms with Crippen LogP contribution in [-0.4, -0.2) is 17.7 Å². The maximum Gasteiger partial charge on any atom is 0.350 e. The molecule has 1 aromatic carbocycles. The molecule has 0 bridgehead atoms. The number of ether oxygens (including phenoxy) is 2. The smallest absolute Gasteiger partial charge is 0.350 e. The number of anilines is 1. The summed E-state index contributed by atoms with van der Waals surface area (Å²) in [6.07, 6.45) is 1.23. The zero-order chi connectivity index (χ0) is 15.8. The van der Waals surface area contributed by atoms with Crippen LogP contribution < -0.4 is 5.32 Å². The van der Waals surface area contributed by atoms with Crippen molar-refractivity contribution in [2.45, 2.75) is 26.6 Å². The van der Waals surface area contributed by atoms with Gasteiger partial charge in [0.05, 0.1) is 10.0 Å². The van der Waals surface area contributed by atoms with Crippen LogP contribution in [0.4, 0.5) is 5.69 Å². The highest BCUT2D eigenvalue weighted by atomic mass is 35.5. The molecule has 21 heavy (non-hydrogen) atoms. The molecule has 1 fully saturated rings. The molecule has 0 radical (unpaired) electrons. The van der Waals surface area contributed by atoms with E-state index in [9.17, 15) is 9.59 Å². The van der Waals surface area contributed by atoms with Gasteiger partial charge in [0.2, 0.25) is 0 Å². The number of hydrogen-bond acceptors (Lipinski definition) is 5. The highest BCUT2D eigenvalue weighted by molar-refractivity contribution is 6.42. The second kappa shape index (κ2) is 5.58. The normalized spacial score (nSPS) is 17.1. The number of benzene rings is 1. The van der Waals surface area contributed by atoms with E-state index in [4.69, 9.17) is 32.7 Å². The first-order chi connectivity index (χ1) is 9.71. The van der Waals surface area contributed by atoms with Crippen molar-refractivity contribution < 1.29 is 19.1 Å². The van der Waals surface area contributed by atoms with Crippen molar-refractivity contribution in [3.63, 3.8) is 0 Å². The Hall–Kier alpha value is -1.72. The molecule has 0 saturated carbocycles. The molecule has 5 nitrogen and oxygen atoms in total. The van der Waals surface area contributed by atoms with E-state index >= 15 is 0 Å². The molecule has 1 aliphatic rings. The molecule has 0 aromatic heterocycles. The lowest BCUT2D eigenvalue weighted by atomic mass is 10.2. The summed E-state index contributed by atoms with van der Waals surface area (Å²) in [6.45, 7) is 4.72. The average Bonchev–Trinajstić information content (AvgIpc) is 2.36. The maximum absolute atomic E-state index is 11.8. The predicted molar refractivity (Wildman–Crippen MR) is 79.2 cm³/mol. The van der Waals surface area contributed by atoms with Gasteiger partial charge in [-0.1, -0.05) is 23.2 Å². The van der Waals surface area contributed by atoms with Gasteiger partial charge in [-0.05, 0) is 24.6 Å². The summed E-state index contributed by atoms with van der Waals surface area (Å²) in [7, 11) is 0. The molecule has 0 aliphatic carbocycles. The number of hydrogen-bond donors (Lipinski definition) is 1. The van der Waals surface area contributed by atoms with E-state index in [1.165, 1.54) is 20.0 Å². The average molecular weight is 330 g/mol. The number of halogens is 2. The third kappa shape index (κ3) is 3.31. The van der Waals surface area contributed by atoms with Crippen molar-refractivity contribution in [3.05, 3.63) is 39.5 Å². The zero-order valence-electron chi connectivity index (χ0n) is 11.6.